The second-order valence-electron chi connectivity index (χ2n) is 5.46. The molecule has 21 heavy (non-hydrogen) atoms. The number of nitrogens with zero attached hydrogens (tertiary/aromatic N) is 1. The maximum absolute atomic E-state index is 11.1. The van der Waals surface area contributed by atoms with Crippen LogP contribution in [0.4, 0.5) is 17.1 Å². The predicted molar refractivity (Wildman–Crippen MR) is 90.4 cm³/mol. The molecule has 5 nitrogen and oxygen atoms in total. The number of rotatable bonds is 7. The van der Waals surface area contributed by atoms with E-state index in [4.69, 9.17) is 0 Å². The number of anilines is 2. The highest BCUT2D eigenvalue weighted by molar-refractivity contribution is 7.99. The Morgan fingerprint density at radius 1 is 1.33 bits per heavy atom. The van der Waals surface area contributed by atoms with Crippen molar-refractivity contribution in [3.05, 3.63) is 28.3 Å². The summed E-state index contributed by atoms with van der Waals surface area (Å²) < 4.78 is 0. The van der Waals surface area contributed by atoms with E-state index in [2.05, 4.69) is 23.8 Å². The number of thioether (sulfide) groups is 1. The van der Waals surface area contributed by atoms with Crippen LogP contribution in [-0.4, -0.2) is 29.0 Å². The quantitative estimate of drug-likeness (QED) is 0.586. The van der Waals surface area contributed by atoms with E-state index in [9.17, 15) is 10.1 Å². The average Bonchev–Trinajstić information content (AvgIpc) is 2.92. The summed E-state index contributed by atoms with van der Waals surface area (Å²) in [5.41, 5.74) is 1.79. The zero-order valence-electron chi connectivity index (χ0n) is 12.6. The van der Waals surface area contributed by atoms with Crippen molar-refractivity contribution in [2.24, 2.45) is 0 Å². The molecule has 116 valence electrons. The third kappa shape index (κ3) is 4.52. The lowest BCUT2D eigenvalue weighted by molar-refractivity contribution is -0.384. The Morgan fingerprint density at radius 2 is 2.10 bits per heavy atom. The van der Waals surface area contributed by atoms with Gasteiger partial charge in [0.2, 0.25) is 0 Å². The fourth-order valence-electron chi connectivity index (χ4n) is 2.69. The van der Waals surface area contributed by atoms with E-state index in [0.717, 1.165) is 37.2 Å². The van der Waals surface area contributed by atoms with Crippen LogP contribution in [0.2, 0.25) is 0 Å². The molecule has 2 atom stereocenters. The number of benzene rings is 1. The van der Waals surface area contributed by atoms with Crippen molar-refractivity contribution in [3.63, 3.8) is 0 Å². The first-order valence-electron chi connectivity index (χ1n) is 7.45. The molecular formula is C15H23N3O2S. The zero-order valence-corrected chi connectivity index (χ0v) is 13.4. The molecule has 1 aliphatic carbocycles. The molecule has 0 spiro atoms. The Hall–Kier alpha value is -1.43. The normalized spacial score (nSPS) is 21.2. The molecular weight excluding hydrogens is 286 g/mol. The van der Waals surface area contributed by atoms with Gasteiger partial charge in [-0.15, -0.1) is 0 Å². The van der Waals surface area contributed by atoms with Crippen molar-refractivity contribution < 1.29 is 4.92 Å². The minimum Gasteiger partial charge on any atom is -0.385 e. The third-order valence-corrected chi connectivity index (χ3v) is 4.89. The first-order valence-corrected chi connectivity index (χ1v) is 8.73. The van der Waals surface area contributed by atoms with Crippen LogP contribution in [0.3, 0.4) is 0 Å². The van der Waals surface area contributed by atoms with Crippen LogP contribution in [0, 0.1) is 10.1 Å². The van der Waals surface area contributed by atoms with Gasteiger partial charge < -0.3 is 10.6 Å². The molecule has 6 heteroatoms. The number of nitro groups is 1. The van der Waals surface area contributed by atoms with Gasteiger partial charge in [0.15, 0.2) is 0 Å². The fourth-order valence-corrected chi connectivity index (χ4v) is 3.49. The Bertz CT molecular complexity index is 496. The van der Waals surface area contributed by atoms with E-state index < -0.39 is 0 Å². The highest BCUT2D eigenvalue weighted by atomic mass is 32.2. The number of hydrogen-bond donors (Lipinski definition) is 2. The summed E-state index contributed by atoms with van der Waals surface area (Å²) in [4.78, 5) is 10.7. The molecule has 2 N–H and O–H groups in total. The highest BCUT2D eigenvalue weighted by Gasteiger charge is 2.24. The van der Waals surface area contributed by atoms with Gasteiger partial charge in [0.1, 0.15) is 0 Å². The van der Waals surface area contributed by atoms with Crippen LogP contribution in [0.15, 0.2) is 18.2 Å². The van der Waals surface area contributed by atoms with Gasteiger partial charge >= 0.3 is 0 Å². The molecule has 0 saturated heterocycles. The Kier molecular flexibility index (Phi) is 5.73. The van der Waals surface area contributed by atoms with Crippen LogP contribution >= 0.6 is 11.8 Å². The van der Waals surface area contributed by atoms with E-state index in [1.165, 1.54) is 6.42 Å². The maximum atomic E-state index is 11.1. The molecule has 1 fully saturated rings. The molecule has 1 aromatic rings. The maximum Gasteiger partial charge on any atom is 0.273 e. The van der Waals surface area contributed by atoms with Crippen LogP contribution in [-0.2, 0) is 0 Å². The van der Waals surface area contributed by atoms with Crippen LogP contribution in [0.25, 0.3) is 0 Å². The highest BCUT2D eigenvalue weighted by Crippen LogP contribution is 2.32. The Balaban J connectivity index is 2.10. The van der Waals surface area contributed by atoms with E-state index in [0.29, 0.717) is 11.3 Å². The molecule has 2 unspecified atom stereocenters. The Labute approximate surface area is 130 Å². The summed E-state index contributed by atoms with van der Waals surface area (Å²) in [6.45, 7) is 2.89. The first kappa shape index (κ1) is 15.9. The van der Waals surface area contributed by atoms with Gasteiger partial charge in [0.05, 0.1) is 4.92 Å². The molecule has 1 saturated carbocycles. The van der Waals surface area contributed by atoms with Gasteiger partial charge in [0.25, 0.3) is 5.69 Å². The molecule has 1 aromatic carbocycles. The number of nitrogens with one attached hydrogen (secondary N) is 2. The topological polar surface area (TPSA) is 67.2 Å². The standard InChI is InChI=1S/C15H23N3O2S/c1-3-6-16-12-7-13(9-14(8-12)18(19)20)17-11-4-5-15(10-11)21-2/h7-9,11,15-17H,3-6,10H2,1-2H3. The second kappa shape index (κ2) is 7.54. The molecule has 0 radical (unpaired) electrons. The Morgan fingerprint density at radius 3 is 2.71 bits per heavy atom. The van der Waals surface area contributed by atoms with Crippen molar-refractivity contribution in [1.29, 1.82) is 0 Å². The van der Waals surface area contributed by atoms with E-state index in [-0.39, 0.29) is 10.6 Å². The molecule has 0 aliphatic heterocycles. The minimum absolute atomic E-state index is 0.137. The molecule has 1 aliphatic rings. The van der Waals surface area contributed by atoms with Crippen LogP contribution in [0.5, 0.6) is 0 Å². The average molecular weight is 309 g/mol. The summed E-state index contributed by atoms with van der Waals surface area (Å²) in [5, 5.41) is 18.5. The van der Waals surface area contributed by atoms with Crippen molar-refractivity contribution in [3.8, 4) is 0 Å². The molecule has 0 amide bonds. The summed E-state index contributed by atoms with van der Waals surface area (Å²) in [7, 11) is 0. The summed E-state index contributed by atoms with van der Waals surface area (Å²) >= 11 is 1.91. The van der Waals surface area contributed by atoms with Gasteiger partial charge in [-0.25, -0.2) is 0 Å². The van der Waals surface area contributed by atoms with Crippen molar-refractivity contribution in [2.75, 3.05) is 23.4 Å². The zero-order chi connectivity index (χ0) is 15.2. The SMILES string of the molecule is CCCNc1cc(NC2CCC(SC)C2)cc([N+](=O)[O-])c1. The summed E-state index contributed by atoms with van der Waals surface area (Å²) in [6.07, 6.45) is 6.61. The van der Waals surface area contributed by atoms with Crippen molar-refractivity contribution in [2.45, 2.75) is 43.9 Å². The minimum atomic E-state index is -0.332. The molecule has 0 aromatic heterocycles. The smallest absolute Gasteiger partial charge is 0.273 e. The predicted octanol–water partition coefficient (Wildman–Crippen LogP) is 4.11. The molecule has 0 bridgehead atoms. The molecule has 0 heterocycles. The van der Waals surface area contributed by atoms with Gasteiger partial charge in [-0.05, 0) is 38.0 Å². The van der Waals surface area contributed by atoms with Gasteiger partial charge in [-0.3, -0.25) is 10.1 Å². The summed E-state index contributed by atoms with van der Waals surface area (Å²) in [6, 6.07) is 5.61. The second-order valence-corrected chi connectivity index (χ2v) is 6.60. The summed E-state index contributed by atoms with van der Waals surface area (Å²) in [5.74, 6) is 0. The number of nitro benzene ring substituents is 1. The fraction of sp³-hybridized carbons (Fsp3) is 0.600. The lowest BCUT2D eigenvalue weighted by Crippen LogP contribution is -2.16. The monoisotopic (exact) mass is 309 g/mol. The van der Waals surface area contributed by atoms with E-state index >= 15 is 0 Å². The van der Waals surface area contributed by atoms with Crippen molar-refractivity contribution in [1.82, 2.24) is 0 Å². The lowest BCUT2D eigenvalue weighted by Gasteiger charge is -2.15. The van der Waals surface area contributed by atoms with E-state index in [1.54, 1.807) is 12.1 Å². The van der Waals surface area contributed by atoms with Crippen LogP contribution < -0.4 is 10.6 Å². The number of hydrogen-bond acceptors (Lipinski definition) is 5. The van der Waals surface area contributed by atoms with Crippen molar-refractivity contribution >= 4 is 28.8 Å². The van der Waals surface area contributed by atoms with Crippen LogP contribution in [0.1, 0.15) is 32.6 Å². The lowest BCUT2D eigenvalue weighted by atomic mass is 10.2. The number of non-ortho nitro benzene ring substituents is 1. The first-order chi connectivity index (χ1) is 10.1. The third-order valence-electron chi connectivity index (χ3n) is 3.80. The largest absolute Gasteiger partial charge is 0.385 e. The van der Waals surface area contributed by atoms with Gasteiger partial charge in [0, 0.05) is 41.3 Å². The van der Waals surface area contributed by atoms with Gasteiger partial charge in [-0.1, -0.05) is 6.92 Å². The van der Waals surface area contributed by atoms with Gasteiger partial charge in [-0.2, -0.15) is 11.8 Å². The molecule has 2 rings (SSSR count). The van der Waals surface area contributed by atoms with E-state index in [1.807, 2.05) is 17.8 Å².